The molecule has 5 heteroatoms. The van der Waals surface area contributed by atoms with Crippen LogP contribution in [0.5, 0.6) is 5.75 Å². The van der Waals surface area contributed by atoms with Gasteiger partial charge in [0.05, 0.1) is 7.11 Å². The summed E-state index contributed by atoms with van der Waals surface area (Å²) >= 11 is 5.99. The molecule has 1 aliphatic rings. The highest BCUT2D eigenvalue weighted by Gasteiger charge is 2.29. The minimum atomic E-state index is -0.299. The number of hydrogen-bond donors (Lipinski definition) is 1. The van der Waals surface area contributed by atoms with Gasteiger partial charge < -0.3 is 10.1 Å². The molecule has 0 radical (unpaired) electrons. The van der Waals surface area contributed by atoms with Crippen LogP contribution in [0.3, 0.4) is 0 Å². The molecule has 1 atom stereocenters. The Bertz CT molecular complexity index is 680. The molecule has 1 heterocycles. The van der Waals surface area contributed by atoms with Crippen LogP contribution in [0.15, 0.2) is 48.5 Å². The lowest BCUT2D eigenvalue weighted by Crippen LogP contribution is -2.35. The van der Waals surface area contributed by atoms with Crippen LogP contribution in [0.2, 0.25) is 5.02 Å². The molecule has 0 saturated carbocycles. The quantitative estimate of drug-likeness (QED) is 0.887. The molecular formula is C19H21ClN2O2. The van der Waals surface area contributed by atoms with Crippen LogP contribution >= 0.6 is 11.6 Å². The average Bonchev–Trinajstić information content (AvgIpc) is 3.11. The van der Waals surface area contributed by atoms with E-state index < -0.39 is 0 Å². The smallest absolute Gasteiger partial charge is 0.246 e. The number of anilines is 1. The summed E-state index contributed by atoms with van der Waals surface area (Å²) in [5, 5.41) is 3.69. The van der Waals surface area contributed by atoms with Crippen molar-refractivity contribution in [2.24, 2.45) is 0 Å². The molecule has 1 fully saturated rings. The van der Waals surface area contributed by atoms with Crippen LogP contribution in [0.1, 0.15) is 24.4 Å². The number of halogens is 1. The van der Waals surface area contributed by atoms with E-state index in [2.05, 4.69) is 10.2 Å². The van der Waals surface area contributed by atoms with Crippen LogP contribution in [-0.2, 0) is 4.79 Å². The summed E-state index contributed by atoms with van der Waals surface area (Å²) < 4.78 is 5.15. The number of methoxy groups -OCH3 is 1. The number of amides is 1. The Morgan fingerprint density at radius 3 is 2.29 bits per heavy atom. The molecule has 1 amide bonds. The number of carbonyl (C=O) groups is 1. The summed E-state index contributed by atoms with van der Waals surface area (Å²) in [5.74, 6) is 0.742. The first-order valence-electron chi connectivity index (χ1n) is 8.12. The fourth-order valence-electron chi connectivity index (χ4n) is 3.06. The Kier molecular flexibility index (Phi) is 5.38. The minimum Gasteiger partial charge on any atom is -0.497 e. The van der Waals surface area contributed by atoms with E-state index in [9.17, 15) is 4.79 Å². The molecule has 0 spiro atoms. The number of carbonyl (C=O) groups excluding carboxylic acids is 1. The normalized spacial score (nSPS) is 15.9. The van der Waals surface area contributed by atoms with Crippen molar-refractivity contribution in [2.75, 3.05) is 25.5 Å². The predicted octanol–water partition coefficient (Wildman–Crippen LogP) is 4.12. The monoisotopic (exact) mass is 344 g/mol. The second-order valence-electron chi connectivity index (χ2n) is 5.91. The number of ether oxygens (including phenoxy) is 1. The summed E-state index contributed by atoms with van der Waals surface area (Å²) in [6, 6.07) is 14.6. The van der Waals surface area contributed by atoms with Gasteiger partial charge in [0, 0.05) is 10.7 Å². The number of nitrogens with zero attached hydrogens (tertiary/aromatic N) is 1. The topological polar surface area (TPSA) is 41.6 Å². The summed E-state index contributed by atoms with van der Waals surface area (Å²) in [4.78, 5) is 15.1. The zero-order valence-electron chi connectivity index (χ0n) is 13.7. The molecule has 0 aromatic heterocycles. The van der Waals surface area contributed by atoms with Crippen LogP contribution < -0.4 is 10.1 Å². The van der Waals surface area contributed by atoms with Crippen molar-refractivity contribution >= 4 is 23.2 Å². The number of benzene rings is 2. The zero-order chi connectivity index (χ0) is 16.9. The second-order valence-corrected chi connectivity index (χ2v) is 6.35. The van der Waals surface area contributed by atoms with E-state index in [0.717, 1.165) is 42.9 Å². The maximum Gasteiger partial charge on any atom is 0.246 e. The van der Waals surface area contributed by atoms with E-state index in [4.69, 9.17) is 16.3 Å². The molecule has 126 valence electrons. The maximum absolute atomic E-state index is 12.9. The second kappa shape index (κ2) is 7.69. The Morgan fingerprint density at radius 1 is 1.08 bits per heavy atom. The summed E-state index contributed by atoms with van der Waals surface area (Å²) in [6.45, 7) is 1.87. The van der Waals surface area contributed by atoms with Gasteiger partial charge in [-0.1, -0.05) is 23.7 Å². The standard InChI is InChI=1S/C19H21ClN2O2/c1-24-17-10-8-16(9-11-17)21-19(23)18(22-12-2-3-13-22)14-4-6-15(20)7-5-14/h4-11,18H,2-3,12-13H2,1H3,(H,21,23). The highest BCUT2D eigenvalue weighted by atomic mass is 35.5. The first-order chi connectivity index (χ1) is 11.7. The summed E-state index contributed by atoms with van der Waals surface area (Å²) in [5.41, 5.74) is 1.73. The maximum atomic E-state index is 12.9. The van der Waals surface area contributed by atoms with E-state index in [1.807, 2.05) is 48.5 Å². The van der Waals surface area contributed by atoms with Crippen LogP contribution in [-0.4, -0.2) is 31.0 Å². The third-order valence-corrected chi connectivity index (χ3v) is 4.55. The molecule has 3 rings (SSSR count). The molecule has 2 aromatic carbocycles. The zero-order valence-corrected chi connectivity index (χ0v) is 14.4. The Balaban J connectivity index is 1.81. The number of likely N-dealkylation sites (tertiary alicyclic amines) is 1. The van der Waals surface area contributed by atoms with Crippen molar-refractivity contribution in [2.45, 2.75) is 18.9 Å². The van der Waals surface area contributed by atoms with Gasteiger partial charge in [0.1, 0.15) is 11.8 Å². The van der Waals surface area contributed by atoms with Crippen molar-refractivity contribution in [3.8, 4) is 5.75 Å². The molecule has 0 bridgehead atoms. The molecular weight excluding hydrogens is 324 g/mol. The number of hydrogen-bond acceptors (Lipinski definition) is 3. The van der Waals surface area contributed by atoms with E-state index >= 15 is 0 Å². The fraction of sp³-hybridized carbons (Fsp3) is 0.316. The molecule has 1 aliphatic heterocycles. The van der Waals surface area contributed by atoms with Gasteiger partial charge in [0.2, 0.25) is 5.91 Å². The first kappa shape index (κ1) is 16.8. The number of nitrogens with one attached hydrogen (secondary N) is 1. The van der Waals surface area contributed by atoms with Gasteiger partial charge in [-0.05, 0) is 67.9 Å². The van der Waals surface area contributed by atoms with Crippen molar-refractivity contribution in [3.05, 3.63) is 59.1 Å². The van der Waals surface area contributed by atoms with Gasteiger partial charge in [-0.3, -0.25) is 9.69 Å². The molecule has 2 aromatic rings. The lowest BCUT2D eigenvalue weighted by atomic mass is 10.0. The van der Waals surface area contributed by atoms with Crippen LogP contribution in [0.25, 0.3) is 0 Å². The lowest BCUT2D eigenvalue weighted by Gasteiger charge is -2.27. The van der Waals surface area contributed by atoms with E-state index in [-0.39, 0.29) is 11.9 Å². The van der Waals surface area contributed by atoms with Gasteiger partial charge in [0.15, 0.2) is 0 Å². The van der Waals surface area contributed by atoms with Gasteiger partial charge in [-0.25, -0.2) is 0 Å². The van der Waals surface area contributed by atoms with Crippen molar-refractivity contribution < 1.29 is 9.53 Å². The minimum absolute atomic E-state index is 0.0237. The van der Waals surface area contributed by atoms with Gasteiger partial charge in [-0.15, -0.1) is 0 Å². The largest absolute Gasteiger partial charge is 0.497 e. The third kappa shape index (κ3) is 3.89. The van der Waals surface area contributed by atoms with Gasteiger partial charge in [0.25, 0.3) is 0 Å². The highest BCUT2D eigenvalue weighted by Crippen LogP contribution is 2.28. The molecule has 1 saturated heterocycles. The van der Waals surface area contributed by atoms with Crippen molar-refractivity contribution in [1.82, 2.24) is 4.90 Å². The van der Waals surface area contributed by atoms with Gasteiger partial charge >= 0.3 is 0 Å². The fourth-order valence-corrected chi connectivity index (χ4v) is 3.18. The molecule has 0 aliphatic carbocycles. The molecule has 1 N–H and O–H groups in total. The Labute approximate surface area is 147 Å². The lowest BCUT2D eigenvalue weighted by molar-refractivity contribution is -0.121. The van der Waals surface area contributed by atoms with E-state index in [1.54, 1.807) is 7.11 Å². The van der Waals surface area contributed by atoms with Crippen molar-refractivity contribution in [1.29, 1.82) is 0 Å². The summed E-state index contributed by atoms with van der Waals surface area (Å²) in [6.07, 6.45) is 2.25. The molecule has 4 nitrogen and oxygen atoms in total. The van der Waals surface area contributed by atoms with E-state index in [0.29, 0.717) is 5.02 Å². The van der Waals surface area contributed by atoms with Crippen molar-refractivity contribution in [3.63, 3.8) is 0 Å². The molecule has 1 unspecified atom stereocenters. The summed E-state index contributed by atoms with van der Waals surface area (Å²) in [7, 11) is 1.62. The molecule has 24 heavy (non-hydrogen) atoms. The average molecular weight is 345 g/mol. The SMILES string of the molecule is COc1ccc(NC(=O)C(c2ccc(Cl)cc2)N2CCCC2)cc1. The third-order valence-electron chi connectivity index (χ3n) is 4.30. The van der Waals surface area contributed by atoms with Gasteiger partial charge in [-0.2, -0.15) is 0 Å². The highest BCUT2D eigenvalue weighted by molar-refractivity contribution is 6.30. The predicted molar refractivity (Wildman–Crippen MR) is 96.6 cm³/mol. The van der Waals surface area contributed by atoms with Crippen LogP contribution in [0, 0.1) is 0 Å². The van der Waals surface area contributed by atoms with Crippen LogP contribution in [0.4, 0.5) is 5.69 Å². The van der Waals surface area contributed by atoms with E-state index in [1.165, 1.54) is 0 Å². The number of rotatable bonds is 5. The first-order valence-corrected chi connectivity index (χ1v) is 8.49. The Morgan fingerprint density at radius 2 is 1.71 bits per heavy atom. The Hall–Kier alpha value is -2.04.